The number of amides is 2. The molecule has 0 unspecified atom stereocenters. The molecule has 0 spiro atoms. The first-order chi connectivity index (χ1) is 13.0. The first-order valence-corrected chi connectivity index (χ1v) is 9.05. The number of carbonyl (C=O) groups is 2. The molecule has 0 bridgehead atoms. The van der Waals surface area contributed by atoms with E-state index in [0.717, 1.165) is 5.56 Å². The van der Waals surface area contributed by atoms with E-state index >= 15 is 0 Å². The number of rotatable bonds is 6. The van der Waals surface area contributed by atoms with Crippen molar-refractivity contribution in [3.05, 3.63) is 53.1 Å². The summed E-state index contributed by atoms with van der Waals surface area (Å²) in [5, 5.41) is 3.39. The normalized spacial score (nSPS) is 14.9. The average molecular weight is 389 g/mol. The summed E-state index contributed by atoms with van der Waals surface area (Å²) in [6.07, 6.45) is -0.189. The Morgan fingerprint density at radius 3 is 2.85 bits per heavy atom. The molecule has 1 atom stereocenters. The number of fused-ring (bicyclic) bond motifs is 1. The Kier molecular flexibility index (Phi) is 5.86. The van der Waals surface area contributed by atoms with E-state index in [9.17, 15) is 9.59 Å². The molecule has 6 nitrogen and oxygen atoms in total. The van der Waals surface area contributed by atoms with Gasteiger partial charge in [-0.25, -0.2) is 0 Å². The fourth-order valence-corrected chi connectivity index (χ4v) is 3.17. The third-order valence-corrected chi connectivity index (χ3v) is 4.59. The van der Waals surface area contributed by atoms with Gasteiger partial charge >= 0.3 is 0 Å². The summed E-state index contributed by atoms with van der Waals surface area (Å²) in [5.74, 6) is 0.810. The number of halogens is 1. The van der Waals surface area contributed by atoms with Crippen molar-refractivity contribution in [2.45, 2.75) is 19.4 Å². The summed E-state index contributed by atoms with van der Waals surface area (Å²) in [6, 6.07) is 12.3. The van der Waals surface area contributed by atoms with Gasteiger partial charge < -0.3 is 19.7 Å². The van der Waals surface area contributed by atoms with Crippen molar-refractivity contribution in [3.63, 3.8) is 0 Å². The van der Waals surface area contributed by atoms with Gasteiger partial charge in [0.05, 0.1) is 13.7 Å². The van der Waals surface area contributed by atoms with Crippen molar-refractivity contribution >= 4 is 29.1 Å². The second-order valence-electron chi connectivity index (χ2n) is 6.20. The third-order valence-electron chi connectivity index (χ3n) is 4.35. The number of anilines is 1. The van der Waals surface area contributed by atoms with E-state index in [2.05, 4.69) is 5.32 Å². The van der Waals surface area contributed by atoms with E-state index in [-0.39, 0.29) is 18.4 Å². The molecule has 0 radical (unpaired) electrons. The molecular weight excluding hydrogens is 368 g/mol. The molecule has 1 aliphatic heterocycles. The van der Waals surface area contributed by atoms with Gasteiger partial charge in [-0.1, -0.05) is 17.7 Å². The summed E-state index contributed by atoms with van der Waals surface area (Å²) in [6.45, 7) is 2.18. The molecule has 0 fully saturated rings. The number of methoxy groups -OCH3 is 1. The highest BCUT2D eigenvalue weighted by Crippen LogP contribution is 2.31. The molecule has 2 aromatic carbocycles. The van der Waals surface area contributed by atoms with Crippen LogP contribution < -0.4 is 14.8 Å². The Labute approximate surface area is 163 Å². The van der Waals surface area contributed by atoms with Crippen LogP contribution in [0.1, 0.15) is 12.5 Å². The van der Waals surface area contributed by atoms with Crippen LogP contribution in [-0.2, 0) is 16.0 Å². The highest BCUT2D eigenvalue weighted by Gasteiger charge is 2.32. The maximum atomic E-state index is 12.8. The Morgan fingerprint density at radius 1 is 1.30 bits per heavy atom. The molecule has 27 heavy (non-hydrogen) atoms. The number of nitrogens with zero attached hydrogens (tertiary/aromatic N) is 1. The van der Waals surface area contributed by atoms with Gasteiger partial charge in [0.15, 0.2) is 6.10 Å². The predicted octanol–water partition coefficient (Wildman–Crippen LogP) is 3.14. The Morgan fingerprint density at radius 2 is 2.11 bits per heavy atom. The second kappa shape index (κ2) is 8.31. The van der Waals surface area contributed by atoms with Crippen LogP contribution >= 0.6 is 11.6 Å². The van der Waals surface area contributed by atoms with E-state index in [0.29, 0.717) is 35.2 Å². The minimum Gasteiger partial charge on any atom is -0.497 e. The Hall–Kier alpha value is -2.73. The zero-order valence-electron chi connectivity index (χ0n) is 15.2. The molecule has 2 aromatic rings. The van der Waals surface area contributed by atoms with Crippen molar-refractivity contribution in [2.75, 3.05) is 25.5 Å². The van der Waals surface area contributed by atoms with Gasteiger partial charge in [0.25, 0.3) is 5.91 Å². The minimum absolute atomic E-state index is 0.0521. The molecule has 3 rings (SSSR count). The van der Waals surface area contributed by atoms with Crippen LogP contribution in [0.25, 0.3) is 0 Å². The van der Waals surface area contributed by atoms with E-state index < -0.39 is 6.10 Å². The van der Waals surface area contributed by atoms with E-state index in [1.807, 2.05) is 6.92 Å². The monoisotopic (exact) mass is 388 g/mol. The molecule has 2 amide bonds. The van der Waals surface area contributed by atoms with Crippen LogP contribution in [0.15, 0.2) is 42.5 Å². The first-order valence-electron chi connectivity index (χ1n) is 8.68. The Balaban J connectivity index is 1.61. The summed E-state index contributed by atoms with van der Waals surface area (Å²) >= 11 is 6.00. The van der Waals surface area contributed by atoms with E-state index in [1.54, 1.807) is 49.6 Å². The largest absolute Gasteiger partial charge is 0.497 e. The summed E-state index contributed by atoms with van der Waals surface area (Å²) in [7, 11) is 1.56. The number of nitrogens with one attached hydrogen (secondary N) is 1. The standard InChI is InChI=1S/C20H21ClN2O4/c1-3-23(12-19(24)22-15-5-4-6-16(11-15)26-2)20(25)18-10-13-9-14(21)7-8-17(13)27-18/h4-9,11,18H,3,10,12H2,1-2H3,(H,22,24)/t18-/m0/s1. The van der Waals surface area contributed by atoms with Crippen LogP contribution in [-0.4, -0.2) is 43.0 Å². The molecule has 7 heteroatoms. The zero-order chi connectivity index (χ0) is 19.4. The lowest BCUT2D eigenvalue weighted by molar-refractivity contribution is -0.140. The molecule has 1 heterocycles. The highest BCUT2D eigenvalue weighted by molar-refractivity contribution is 6.30. The van der Waals surface area contributed by atoms with Crippen molar-refractivity contribution in [1.82, 2.24) is 4.90 Å². The van der Waals surface area contributed by atoms with Crippen molar-refractivity contribution in [2.24, 2.45) is 0 Å². The van der Waals surface area contributed by atoms with Crippen LogP contribution in [0, 0.1) is 0 Å². The fraction of sp³-hybridized carbons (Fsp3) is 0.300. The van der Waals surface area contributed by atoms with Gasteiger partial charge in [0, 0.05) is 29.7 Å². The Bertz CT molecular complexity index is 856. The maximum Gasteiger partial charge on any atom is 0.264 e. The molecule has 1 aliphatic rings. The SMILES string of the molecule is CCN(CC(=O)Nc1cccc(OC)c1)C(=O)[C@@H]1Cc2cc(Cl)ccc2O1. The number of carbonyl (C=O) groups excluding carboxylic acids is 2. The van der Waals surface area contributed by atoms with Crippen molar-refractivity contribution < 1.29 is 19.1 Å². The predicted molar refractivity (Wildman–Crippen MR) is 103 cm³/mol. The molecule has 0 saturated heterocycles. The van der Waals surface area contributed by atoms with Gasteiger partial charge in [0.2, 0.25) is 5.91 Å². The van der Waals surface area contributed by atoms with Gasteiger partial charge in [-0.05, 0) is 42.8 Å². The molecular formula is C20H21ClN2O4. The number of ether oxygens (including phenoxy) is 2. The maximum absolute atomic E-state index is 12.8. The summed E-state index contributed by atoms with van der Waals surface area (Å²) in [4.78, 5) is 26.6. The van der Waals surface area contributed by atoms with Crippen molar-refractivity contribution in [3.8, 4) is 11.5 Å². The number of hydrogen-bond donors (Lipinski definition) is 1. The van der Waals surface area contributed by atoms with Gasteiger partial charge in [-0.3, -0.25) is 9.59 Å². The zero-order valence-corrected chi connectivity index (χ0v) is 16.0. The lowest BCUT2D eigenvalue weighted by Gasteiger charge is -2.23. The molecule has 1 N–H and O–H groups in total. The molecule has 0 saturated carbocycles. The molecule has 142 valence electrons. The van der Waals surface area contributed by atoms with Crippen LogP contribution in [0.5, 0.6) is 11.5 Å². The molecule has 0 aromatic heterocycles. The van der Waals surface area contributed by atoms with Gasteiger partial charge in [-0.15, -0.1) is 0 Å². The fourth-order valence-electron chi connectivity index (χ4n) is 2.98. The van der Waals surface area contributed by atoms with E-state index in [1.165, 1.54) is 4.90 Å². The second-order valence-corrected chi connectivity index (χ2v) is 6.63. The van der Waals surface area contributed by atoms with Crippen LogP contribution in [0.2, 0.25) is 5.02 Å². The van der Waals surface area contributed by atoms with Crippen LogP contribution in [0.3, 0.4) is 0 Å². The number of benzene rings is 2. The molecule has 0 aliphatic carbocycles. The highest BCUT2D eigenvalue weighted by atomic mass is 35.5. The smallest absolute Gasteiger partial charge is 0.264 e. The van der Waals surface area contributed by atoms with Gasteiger partial charge in [-0.2, -0.15) is 0 Å². The summed E-state index contributed by atoms with van der Waals surface area (Å²) in [5.41, 5.74) is 1.51. The van der Waals surface area contributed by atoms with Crippen molar-refractivity contribution in [1.29, 1.82) is 0 Å². The topological polar surface area (TPSA) is 67.9 Å². The number of hydrogen-bond acceptors (Lipinski definition) is 4. The summed E-state index contributed by atoms with van der Waals surface area (Å²) < 4.78 is 10.9. The van der Waals surface area contributed by atoms with Crippen LogP contribution in [0.4, 0.5) is 5.69 Å². The minimum atomic E-state index is -0.636. The number of likely N-dealkylation sites (N-methyl/N-ethyl adjacent to an activating group) is 1. The van der Waals surface area contributed by atoms with E-state index in [4.69, 9.17) is 21.1 Å². The lowest BCUT2D eigenvalue weighted by atomic mass is 10.1. The first kappa shape index (κ1) is 19.0. The average Bonchev–Trinajstić information content (AvgIpc) is 3.08. The lowest BCUT2D eigenvalue weighted by Crippen LogP contribution is -2.44. The third kappa shape index (κ3) is 4.52. The van der Waals surface area contributed by atoms with Gasteiger partial charge in [0.1, 0.15) is 11.5 Å². The quantitative estimate of drug-likeness (QED) is 0.825.